The molecule has 78 valence electrons. The highest BCUT2D eigenvalue weighted by Crippen LogP contribution is 2.06. The quantitative estimate of drug-likeness (QED) is 0.571. The molecule has 2 nitrogen and oxygen atoms in total. The topological polar surface area (TPSA) is 26.3 Å². The van der Waals surface area contributed by atoms with Gasteiger partial charge in [0.15, 0.2) is 0 Å². The molecule has 0 aliphatic rings. The Kier molecular flexibility index (Phi) is 6.87. The van der Waals surface area contributed by atoms with Crippen molar-refractivity contribution in [3.05, 3.63) is 0 Å². The summed E-state index contributed by atoms with van der Waals surface area (Å²) in [6.45, 7) is 9.65. The Morgan fingerprint density at radius 2 is 1.92 bits per heavy atom. The lowest BCUT2D eigenvalue weighted by Crippen LogP contribution is -2.13. The Hall–Kier alpha value is -0.370. The molecule has 0 heterocycles. The van der Waals surface area contributed by atoms with E-state index in [1.807, 2.05) is 13.8 Å². The fourth-order valence-electron chi connectivity index (χ4n) is 1.09. The highest BCUT2D eigenvalue weighted by atomic mass is 16.5. The van der Waals surface area contributed by atoms with Crippen LogP contribution in [0.3, 0.4) is 0 Å². The average Bonchev–Trinajstić information content (AvgIpc) is 2.10. The first-order valence-corrected chi connectivity index (χ1v) is 5.18. The summed E-state index contributed by atoms with van der Waals surface area (Å²) < 4.78 is 5.41. The van der Waals surface area contributed by atoms with E-state index in [-0.39, 0.29) is 5.92 Å². The standard InChI is InChI=1S/C11H22O2/c1-5-11(12)10(4)6-7-13-8-9(2)3/h9-10H,5-8H2,1-4H3. The summed E-state index contributed by atoms with van der Waals surface area (Å²) in [5, 5.41) is 0. The number of hydrogen-bond acceptors (Lipinski definition) is 2. The average molecular weight is 186 g/mol. The molecule has 0 aromatic rings. The summed E-state index contributed by atoms with van der Waals surface area (Å²) in [4.78, 5) is 11.2. The van der Waals surface area contributed by atoms with Crippen LogP contribution in [0, 0.1) is 11.8 Å². The molecule has 0 aromatic heterocycles. The molecule has 0 rings (SSSR count). The van der Waals surface area contributed by atoms with Gasteiger partial charge >= 0.3 is 0 Å². The molecule has 0 aromatic carbocycles. The van der Waals surface area contributed by atoms with E-state index in [9.17, 15) is 4.79 Å². The number of rotatable bonds is 7. The summed E-state index contributed by atoms with van der Waals surface area (Å²) >= 11 is 0. The van der Waals surface area contributed by atoms with Crippen molar-refractivity contribution < 1.29 is 9.53 Å². The molecule has 0 amide bonds. The van der Waals surface area contributed by atoms with Crippen molar-refractivity contribution in [1.29, 1.82) is 0 Å². The summed E-state index contributed by atoms with van der Waals surface area (Å²) in [6, 6.07) is 0. The number of carbonyl (C=O) groups is 1. The van der Waals surface area contributed by atoms with E-state index in [4.69, 9.17) is 4.74 Å². The van der Waals surface area contributed by atoms with Crippen LogP contribution in [0.2, 0.25) is 0 Å². The maximum Gasteiger partial charge on any atom is 0.135 e. The number of hydrogen-bond donors (Lipinski definition) is 0. The van der Waals surface area contributed by atoms with Gasteiger partial charge in [0.2, 0.25) is 0 Å². The zero-order valence-corrected chi connectivity index (χ0v) is 9.30. The van der Waals surface area contributed by atoms with Crippen molar-refractivity contribution >= 4 is 5.78 Å². The molecule has 0 bridgehead atoms. The minimum Gasteiger partial charge on any atom is -0.381 e. The summed E-state index contributed by atoms with van der Waals surface area (Å²) in [5.74, 6) is 1.09. The number of ketones is 1. The molecule has 0 radical (unpaired) electrons. The maximum atomic E-state index is 11.2. The van der Waals surface area contributed by atoms with Crippen molar-refractivity contribution in [2.75, 3.05) is 13.2 Å². The molecule has 1 atom stereocenters. The van der Waals surface area contributed by atoms with Gasteiger partial charge in [0, 0.05) is 25.6 Å². The van der Waals surface area contributed by atoms with Crippen molar-refractivity contribution in [1.82, 2.24) is 0 Å². The third kappa shape index (κ3) is 6.76. The van der Waals surface area contributed by atoms with Gasteiger partial charge in [-0.25, -0.2) is 0 Å². The highest BCUT2D eigenvalue weighted by Gasteiger charge is 2.09. The second-order valence-electron chi connectivity index (χ2n) is 3.98. The molecule has 0 saturated carbocycles. The second kappa shape index (κ2) is 7.07. The lowest BCUT2D eigenvalue weighted by Gasteiger charge is -2.10. The Bertz CT molecular complexity index is 141. The van der Waals surface area contributed by atoms with Crippen molar-refractivity contribution in [2.45, 2.75) is 40.5 Å². The molecule has 0 aliphatic heterocycles. The highest BCUT2D eigenvalue weighted by molar-refractivity contribution is 5.80. The monoisotopic (exact) mass is 186 g/mol. The van der Waals surface area contributed by atoms with Gasteiger partial charge in [-0.15, -0.1) is 0 Å². The molecular formula is C11H22O2. The largest absolute Gasteiger partial charge is 0.381 e. The van der Waals surface area contributed by atoms with E-state index in [1.54, 1.807) is 0 Å². The minimum atomic E-state index is 0.164. The van der Waals surface area contributed by atoms with E-state index < -0.39 is 0 Å². The van der Waals surface area contributed by atoms with Crippen LogP contribution in [-0.4, -0.2) is 19.0 Å². The summed E-state index contributed by atoms with van der Waals surface area (Å²) in [6.07, 6.45) is 1.50. The maximum absolute atomic E-state index is 11.2. The lowest BCUT2D eigenvalue weighted by atomic mass is 10.0. The molecule has 0 spiro atoms. The third-order valence-electron chi connectivity index (χ3n) is 2.04. The zero-order chi connectivity index (χ0) is 10.3. The van der Waals surface area contributed by atoms with Crippen LogP contribution in [0.1, 0.15) is 40.5 Å². The fourth-order valence-corrected chi connectivity index (χ4v) is 1.09. The van der Waals surface area contributed by atoms with Crippen LogP contribution >= 0.6 is 0 Å². The SMILES string of the molecule is CCC(=O)C(C)CCOCC(C)C. The smallest absolute Gasteiger partial charge is 0.135 e. The van der Waals surface area contributed by atoms with E-state index in [2.05, 4.69) is 13.8 Å². The summed E-state index contributed by atoms with van der Waals surface area (Å²) in [5.41, 5.74) is 0. The van der Waals surface area contributed by atoms with Crippen LogP contribution in [0.25, 0.3) is 0 Å². The minimum absolute atomic E-state index is 0.164. The van der Waals surface area contributed by atoms with E-state index in [0.29, 0.717) is 24.7 Å². The van der Waals surface area contributed by atoms with Gasteiger partial charge in [0.25, 0.3) is 0 Å². The van der Waals surface area contributed by atoms with Crippen LogP contribution in [-0.2, 0) is 9.53 Å². The van der Waals surface area contributed by atoms with Crippen LogP contribution in [0.15, 0.2) is 0 Å². The molecular weight excluding hydrogens is 164 g/mol. The second-order valence-corrected chi connectivity index (χ2v) is 3.98. The van der Waals surface area contributed by atoms with Crippen molar-refractivity contribution in [2.24, 2.45) is 11.8 Å². The van der Waals surface area contributed by atoms with Crippen LogP contribution < -0.4 is 0 Å². The van der Waals surface area contributed by atoms with Crippen molar-refractivity contribution in [3.8, 4) is 0 Å². The first kappa shape index (κ1) is 12.6. The number of ether oxygens (including phenoxy) is 1. The number of carbonyl (C=O) groups excluding carboxylic acids is 1. The number of Topliss-reactive ketones (excluding diaryl/α,β-unsaturated/α-hetero) is 1. The molecule has 0 saturated heterocycles. The van der Waals surface area contributed by atoms with Gasteiger partial charge in [-0.1, -0.05) is 27.7 Å². The fraction of sp³-hybridized carbons (Fsp3) is 0.909. The van der Waals surface area contributed by atoms with Gasteiger partial charge in [-0.3, -0.25) is 4.79 Å². The molecule has 0 aliphatic carbocycles. The third-order valence-corrected chi connectivity index (χ3v) is 2.04. The normalized spacial score (nSPS) is 13.3. The molecule has 13 heavy (non-hydrogen) atoms. The van der Waals surface area contributed by atoms with E-state index in [1.165, 1.54) is 0 Å². The molecule has 2 heteroatoms. The predicted molar refractivity (Wildman–Crippen MR) is 54.7 cm³/mol. The zero-order valence-electron chi connectivity index (χ0n) is 9.30. The van der Waals surface area contributed by atoms with Crippen LogP contribution in [0.5, 0.6) is 0 Å². The van der Waals surface area contributed by atoms with E-state index in [0.717, 1.165) is 13.0 Å². The first-order valence-electron chi connectivity index (χ1n) is 5.18. The lowest BCUT2D eigenvalue weighted by molar-refractivity contribution is -0.122. The molecule has 1 unspecified atom stereocenters. The Morgan fingerprint density at radius 3 is 2.38 bits per heavy atom. The van der Waals surface area contributed by atoms with Gasteiger partial charge in [-0.2, -0.15) is 0 Å². The van der Waals surface area contributed by atoms with E-state index >= 15 is 0 Å². The first-order chi connectivity index (χ1) is 6.07. The van der Waals surface area contributed by atoms with Crippen molar-refractivity contribution in [3.63, 3.8) is 0 Å². The molecule has 0 N–H and O–H groups in total. The van der Waals surface area contributed by atoms with Gasteiger partial charge in [-0.05, 0) is 12.3 Å². The Labute approximate surface area is 81.7 Å². The molecule has 0 fully saturated rings. The van der Waals surface area contributed by atoms with Crippen LogP contribution in [0.4, 0.5) is 0 Å². The predicted octanol–water partition coefficient (Wildman–Crippen LogP) is 2.66. The Morgan fingerprint density at radius 1 is 1.31 bits per heavy atom. The Balaban J connectivity index is 3.37. The van der Waals surface area contributed by atoms with Gasteiger partial charge in [0.1, 0.15) is 5.78 Å². The summed E-state index contributed by atoms with van der Waals surface area (Å²) in [7, 11) is 0. The van der Waals surface area contributed by atoms with Gasteiger partial charge < -0.3 is 4.74 Å². The van der Waals surface area contributed by atoms with Gasteiger partial charge in [0.05, 0.1) is 0 Å².